The van der Waals surface area contributed by atoms with Crippen molar-refractivity contribution in [2.45, 2.75) is 20.0 Å². The maximum Gasteiger partial charge on any atom is 0.258 e. The molecule has 3 aromatic rings. The summed E-state index contributed by atoms with van der Waals surface area (Å²) in [5.41, 5.74) is 3.13. The lowest BCUT2D eigenvalue weighted by Gasteiger charge is -2.34. The van der Waals surface area contributed by atoms with Crippen LogP contribution in [0.4, 0.5) is 0 Å². The highest BCUT2D eigenvalue weighted by molar-refractivity contribution is 5.77. The lowest BCUT2D eigenvalue weighted by molar-refractivity contribution is 0.119. The fraction of sp³-hybridized carbons (Fsp3) is 0.391. The Hall–Kier alpha value is -2.90. The Kier molecular flexibility index (Phi) is 6.01. The van der Waals surface area contributed by atoms with Crippen LogP contribution in [0, 0.1) is 6.92 Å². The lowest BCUT2D eigenvalue weighted by Crippen LogP contribution is -2.45. The molecular formula is C23H28N4O3. The van der Waals surface area contributed by atoms with Gasteiger partial charge in [0.2, 0.25) is 0 Å². The molecule has 0 unspecified atom stereocenters. The van der Waals surface area contributed by atoms with Gasteiger partial charge in [0, 0.05) is 32.7 Å². The summed E-state index contributed by atoms with van der Waals surface area (Å²) in [7, 11) is 3.33. The number of aryl methyl sites for hydroxylation is 1. The van der Waals surface area contributed by atoms with Crippen LogP contribution < -0.4 is 15.0 Å². The lowest BCUT2D eigenvalue weighted by atomic mass is 10.1. The van der Waals surface area contributed by atoms with Gasteiger partial charge in [0.25, 0.3) is 5.56 Å². The average molecular weight is 409 g/mol. The Balaban J connectivity index is 1.38. The Labute approximate surface area is 176 Å². The van der Waals surface area contributed by atoms with E-state index in [-0.39, 0.29) is 5.56 Å². The minimum absolute atomic E-state index is 0.0711. The molecule has 7 nitrogen and oxygen atoms in total. The molecule has 0 bridgehead atoms. The fourth-order valence-corrected chi connectivity index (χ4v) is 3.96. The molecule has 1 aliphatic heterocycles. The standard InChI is InChI=1S/C23H28N4O3/c1-16-12-20(29-2)21(30-3)13-17(16)14-26-8-10-27(11-9-26)15-22-24-19-7-5-4-6-18(19)23(28)25-22/h4-7,12-13H,8-11,14-15H2,1-3H3,(H,24,25,28). The zero-order valence-electron chi connectivity index (χ0n) is 17.8. The number of rotatable bonds is 6. The number of H-pyrrole nitrogens is 1. The number of hydrogen-bond donors (Lipinski definition) is 1. The van der Waals surface area contributed by atoms with Gasteiger partial charge in [-0.05, 0) is 42.3 Å². The maximum atomic E-state index is 12.3. The third-order valence-corrected chi connectivity index (χ3v) is 5.74. The van der Waals surface area contributed by atoms with Crippen LogP contribution in [-0.2, 0) is 13.1 Å². The van der Waals surface area contributed by atoms with Crippen molar-refractivity contribution >= 4 is 10.9 Å². The van der Waals surface area contributed by atoms with Crippen molar-refractivity contribution in [3.63, 3.8) is 0 Å². The molecule has 1 aromatic heterocycles. The van der Waals surface area contributed by atoms with Gasteiger partial charge in [0.15, 0.2) is 11.5 Å². The maximum absolute atomic E-state index is 12.3. The molecule has 30 heavy (non-hydrogen) atoms. The number of fused-ring (bicyclic) bond motifs is 1. The van der Waals surface area contributed by atoms with Crippen molar-refractivity contribution < 1.29 is 9.47 Å². The number of nitrogens with zero attached hydrogens (tertiary/aromatic N) is 3. The molecule has 7 heteroatoms. The van der Waals surface area contributed by atoms with E-state index in [4.69, 9.17) is 9.47 Å². The molecule has 0 radical (unpaired) electrons. The predicted molar refractivity (Wildman–Crippen MR) is 117 cm³/mol. The average Bonchev–Trinajstić information content (AvgIpc) is 2.76. The number of benzene rings is 2. The molecule has 1 fully saturated rings. The molecule has 0 aliphatic carbocycles. The number of nitrogens with one attached hydrogen (secondary N) is 1. The molecule has 4 rings (SSSR count). The molecule has 0 atom stereocenters. The third kappa shape index (κ3) is 4.32. The van der Waals surface area contributed by atoms with Crippen molar-refractivity contribution in [2.75, 3.05) is 40.4 Å². The Morgan fingerprint density at radius 3 is 2.30 bits per heavy atom. The number of aromatic nitrogens is 2. The summed E-state index contributed by atoms with van der Waals surface area (Å²) in [6.45, 7) is 7.44. The molecule has 1 saturated heterocycles. The second-order valence-electron chi connectivity index (χ2n) is 7.72. The van der Waals surface area contributed by atoms with Crippen LogP contribution in [0.25, 0.3) is 10.9 Å². The summed E-state index contributed by atoms with van der Waals surface area (Å²) in [5.74, 6) is 2.26. The predicted octanol–water partition coefficient (Wildman–Crippen LogP) is 2.57. The summed E-state index contributed by atoms with van der Waals surface area (Å²) in [4.78, 5) is 24.6. The van der Waals surface area contributed by atoms with E-state index in [1.807, 2.05) is 24.3 Å². The van der Waals surface area contributed by atoms with Gasteiger partial charge in [-0.25, -0.2) is 4.98 Å². The molecule has 2 heterocycles. The van der Waals surface area contributed by atoms with Gasteiger partial charge in [0.05, 0.1) is 31.7 Å². The largest absolute Gasteiger partial charge is 0.493 e. The monoisotopic (exact) mass is 408 g/mol. The summed E-state index contributed by atoms with van der Waals surface area (Å²) in [5, 5.41) is 0.636. The van der Waals surface area contributed by atoms with Gasteiger partial charge in [-0.15, -0.1) is 0 Å². The zero-order valence-corrected chi connectivity index (χ0v) is 17.8. The van der Waals surface area contributed by atoms with Crippen LogP contribution in [0.3, 0.4) is 0 Å². The number of piperazine rings is 1. The SMILES string of the molecule is COc1cc(C)c(CN2CCN(Cc3nc4ccccc4c(=O)[nH]3)CC2)cc1OC. The van der Waals surface area contributed by atoms with E-state index >= 15 is 0 Å². The zero-order chi connectivity index (χ0) is 21.1. The van der Waals surface area contributed by atoms with Gasteiger partial charge in [0.1, 0.15) is 5.82 Å². The molecule has 0 amide bonds. The summed E-state index contributed by atoms with van der Waals surface area (Å²) >= 11 is 0. The topological polar surface area (TPSA) is 70.7 Å². The molecule has 158 valence electrons. The van der Waals surface area contributed by atoms with E-state index in [9.17, 15) is 4.79 Å². The Bertz CT molecular complexity index is 1090. The number of aromatic amines is 1. The second-order valence-corrected chi connectivity index (χ2v) is 7.72. The van der Waals surface area contributed by atoms with Gasteiger partial charge in [-0.1, -0.05) is 12.1 Å². The highest BCUT2D eigenvalue weighted by Crippen LogP contribution is 2.31. The van der Waals surface area contributed by atoms with Crippen LogP contribution in [0.2, 0.25) is 0 Å². The number of ether oxygens (including phenoxy) is 2. The van der Waals surface area contributed by atoms with E-state index in [0.717, 1.165) is 55.6 Å². The van der Waals surface area contributed by atoms with Crippen molar-refractivity contribution in [3.05, 3.63) is 63.7 Å². The first-order chi connectivity index (χ1) is 14.6. The third-order valence-electron chi connectivity index (χ3n) is 5.74. The quantitative estimate of drug-likeness (QED) is 0.676. The number of para-hydroxylation sites is 1. The minimum atomic E-state index is -0.0711. The van der Waals surface area contributed by atoms with Crippen molar-refractivity contribution in [3.8, 4) is 11.5 Å². The van der Waals surface area contributed by atoms with Crippen LogP contribution in [0.5, 0.6) is 11.5 Å². The first-order valence-electron chi connectivity index (χ1n) is 10.2. The van der Waals surface area contributed by atoms with E-state index in [1.165, 1.54) is 11.1 Å². The van der Waals surface area contributed by atoms with Crippen molar-refractivity contribution in [2.24, 2.45) is 0 Å². The van der Waals surface area contributed by atoms with Gasteiger partial charge >= 0.3 is 0 Å². The summed E-state index contributed by atoms with van der Waals surface area (Å²) in [6.07, 6.45) is 0. The smallest absolute Gasteiger partial charge is 0.258 e. The first-order valence-corrected chi connectivity index (χ1v) is 10.2. The van der Waals surface area contributed by atoms with E-state index in [2.05, 4.69) is 32.8 Å². The van der Waals surface area contributed by atoms with Gasteiger partial charge in [-0.3, -0.25) is 14.6 Å². The van der Waals surface area contributed by atoms with Crippen LogP contribution >= 0.6 is 0 Å². The normalized spacial score (nSPS) is 15.4. The van der Waals surface area contributed by atoms with E-state index in [0.29, 0.717) is 11.9 Å². The molecular weight excluding hydrogens is 380 g/mol. The number of hydrogen-bond acceptors (Lipinski definition) is 6. The Morgan fingerprint density at radius 2 is 1.60 bits per heavy atom. The van der Waals surface area contributed by atoms with Crippen LogP contribution in [-0.4, -0.2) is 60.2 Å². The van der Waals surface area contributed by atoms with Crippen LogP contribution in [0.1, 0.15) is 17.0 Å². The van der Waals surface area contributed by atoms with E-state index < -0.39 is 0 Å². The van der Waals surface area contributed by atoms with Crippen molar-refractivity contribution in [1.29, 1.82) is 0 Å². The second kappa shape index (κ2) is 8.85. The highest BCUT2D eigenvalue weighted by Gasteiger charge is 2.19. The molecule has 1 aliphatic rings. The summed E-state index contributed by atoms with van der Waals surface area (Å²) in [6, 6.07) is 11.6. The molecule has 0 saturated carbocycles. The van der Waals surface area contributed by atoms with Crippen LogP contribution in [0.15, 0.2) is 41.2 Å². The molecule has 2 aromatic carbocycles. The van der Waals surface area contributed by atoms with Crippen molar-refractivity contribution in [1.82, 2.24) is 19.8 Å². The van der Waals surface area contributed by atoms with Gasteiger partial charge < -0.3 is 14.5 Å². The first kappa shape index (κ1) is 20.4. The molecule has 0 spiro atoms. The minimum Gasteiger partial charge on any atom is -0.493 e. The van der Waals surface area contributed by atoms with E-state index in [1.54, 1.807) is 20.3 Å². The molecule has 1 N–H and O–H groups in total. The fourth-order valence-electron chi connectivity index (χ4n) is 3.96. The number of methoxy groups -OCH3 is 2. The van der Waals surface area contributed by atoms with Gasteiger partial charge in [-0.2, -0.15) is 0 Å². The highest BCUT2D eigenvalue weighted by atomic mass is 16.5. The Morgan fingerprint density at radius 1 is 0.967 bits per heavy atom. The summed E-state index contributed by atoms with van der Waals surface area (Å²) < 4.78 is 10.8.